The molecule has 0 bridgehead atoms. The van der Waals surface area contributed by atoms with Crippen molar-refractivity contribution in [3.63, 3.8) is 0 Å². The number of thiocarbonyl (C=S) groups is 1. The molecule has 1 fully saturated rings. The van der Waals surface area contributed by atoms with E-state index in [9.17, 15) is 4.79 Å². The number of anilines is 1. The first kappa shape index (κ1) is 14.1. The van der Waals surface area contributed by atoms with E-state index in [2.05, 4.69) is 4.90 Å². The third-order valence-corrected chi connectivity index (χ3v) is 3.94. The normalized spacial score (nSPS) is 19.2. The molecule has 1 amide bonds. The Bertz CT molecular complexity index is 521. The van der Waals surface area contributed by atoms with Gasteiger partial charge in [0.15, 0.2) is 0 Å². The molecule has 0 saturated carbocycles. The second-order valence-electron chi connectivity index (χ2n) is 4.72. The van der Waals surface area contributed by atoms with Gasteiger partial charge in [0, 0.05) is 18.7 Å². The van der Waals surface area contributed by atoms with Crippen molar-refractivity contribution in [2.24, 2.45) is 17.4 Å². The van der Waals surface area contributed by atoms with Crippen molar-refractivity contribution >= 4 is 40.4 Å². The molecule has 1 aliphatic rings. The van der Waals surface area contributed by atoms with Crippen LogP contribution in [0.3, 0.4) is 0 Å². The molecular weight excluding hydrogens is 282 g/mol. The predicted molar refractivity (Wildman–Crippen MR) is 81.5 cm³/mol. The number of halogens is 1. The third-order valence-electron chi connectivity index (χ3n) is 3.40. The van der Waals surface area contributed by atoms with E-state index < -0.39 is 0 Å². The minimum Gasteiger partial charge on any atom is -0.389 e. The van der Waals surface area contributed by atoms with Crippen molar-refractivity contribution in [1.82, 2.24) is 0 Å². The fourth-order valence-corrected chi connectivity index (χ4v) is 2.77. The van der Waals surface area contributed by atoms with Crippen molar-refractivity contribution in [2.75, 3.05) is 18.0 Å². The maximum atomic E-state index is 11.3. The molecule has 6 heteroatoms. The molecule has 0 aliphatic carbocycles. The minimum absolute atomic E-state index is 0.111. The van der Waals surface area contributed by atoms with Gasteiger partial charge < -0.3 is 16.4 Å². The van der Waals surface area contributed by atoms with Gasteiger partial charge in [-0.3, -0.25) is 4.79 Å². The molecule has 1 atom stereocenters. The Morgan fingerprint density at radius 1 is 1.42 bits per heavy atom. The molecule has 1 aromatic carbocycles. The summed E-state index contributed by atoms with van der Waals surface area (Å²) >= 11 is 11.2. The summed E-state index contributed by atoms with van der Waals surface area (Å²) in [5.74, 6) is -0.361. The van der Waals surface area contributed by atoms with Crippen LogP contribution in [-0.4, -0.2) is 24.0 Å². The minimum atomic E-state index is -0.249. The van der Waals surface area contributed by atoms with Crippen molar-refractivity contribution in [2.45, 2.75) is 12.8 Å². The second-order valence-corrected chi connectivity index (χ2v) is 5.57. The van der Waals surface area contributed by atoms with Crippen LogP contribution in [0.25, 0.3) is 0 Å². The van der Waals surface area contributed by atoms with Crippen molar-refractivity contribution in [1.29, 1.82) is 0 Å². The summed E-state index contributed by atoms with van der Waals surface area (Å²) in [6, 6.07) is 5.49. The highest BCUT2D eigenvalue weighted by atomic mass is 35.5. The number of hydrogen-bond acceptors (Lipinski definition) is 3. The Morgan fingerprint density at radius 2 is 2.16 bits per heavy atom. The van der Waals surface area contributed by atoms with Gasteiger partial charge in [-0.1, -0.05) is 23.8 Å². The number of hydrogen-bond donors (Lipinski definition) is 2. The number of rotatable bonds is 3. The first-order chi connectivity index (χ1) is 8.99. The average Bonchev–Trinajstić information content (AvgIpc) is 2.38. The van der Waals surface area contributed by atoms with E-state index in [1.165, 1.54) is 0 Å². The maximum Gasteiger partial charge on any atom is 0.222 e. The Kier molecular flexibility index (Phi) is 4.27. The van der Waals surface area contributed by atoms with Gasteiger partial charge in [0.05, 0.1) is 16.6 Å². The highest BCUT2D eigenvalue weighted by molar-refractivity contribution is 7.80. The lowest BCUT2D eigenvalue weighted by atomic mass is 9.97. The Balaban J connectivity index is 2.22. The molecule has 102 valence electrons. The van der Waals surface area contributed by atoms with Crippen molar-refractivity contribution < 1.29 is 4.79 Å². The summed E-state index contributed by atoms with van der Waals surface area (Å²) in [6.45, 7) is 1.48. The monoisotopic (exact) mass is 297 g/mol. The summed E-state index contributed by atoms with van der Waals surface area (Å²) in [6.07, 6.45) is 1.77. The summed E-state index contributed by atoms with van der Waals surface area (Å²) in [5, 5.41) is 0.593. The van der Waals surface area contributed by atoms with Gasteiger partial charge in [0.1, 0.15) is 4.99 Å². The standard InChI is InChI=1S/C13H16ClN3OS/c14-10-6-8(13(16)19)3-4-11(10)17-5-1-2-9(7-17)12(15)18/h3-4,6,9H,1-2,5,7H2,(H2,15,18)(H2,16,19). The topological polar surface area (TPSA) is 72.4 Å². The van der Waals surface area contributed by atoms with Gasteiger partial charge in [-0.25, -0.2) is 0 Å². The molecule has 1 saturated heterocycles. The molecule has 0 spiro atoms. The van der Waals surface area contributed by atoms with Crippen LogP contribution in [0.1, 0.15) is 18.4 Å². The molecule has 0 radical (unpaired) electrons. The first-order valence-corrected chi connectivity index (χ1v) is 6.91. The summed E-state index contributed by atoms with van der Waals surface area (Å²) in [4.78, 5) is 13.7. The lowest BCUT2D eigenvalue weighted by Crippen LogP contribution is -2.41. The number of nitrogens with zero attached hydrogens (tertiary/aromatic N) is 1. The van der Waals surface area contributed by atoms with Crippen LogP contribution >= 0.6 is 23.8 Å². The van der Waals surface area contributed by atoms with E-state index in [4.69, 9.17) is 35.3 Å². The van der Waals surface area contributed by atoms with Gasteiger partial charge in [-0.05, 0) is 31.0 Å². The molecule has 4 nitrogen and oxygen atoms in total. The van der Waals surface area contributed by atoms with E-state index in [-0.39, 0.29) is 11.8 Å². The largest absolute Gasteiger partial charge is 0.389 e. The number of piperidine rings is 1. The fraction of sp³-hybridized carbons (Fsp3) is 0.385. The summed E-state index contributed by atoms with van der Waals surface area (Å²) < 4.78 is 0. The van der Waals surface area contributed by atoms with Gasteiger partial charge in [-0.2, -0.15) is 0 Å². The molecule has 0 aromatic heterocycles. The molecular formula is C13H16ClN3OS. The highest BCUT2D eigenvalue weighted by Gasteiger charge is 2.25. The van der Waals surface area contributed by atoms with Crippen LogP contribution in [0.2, 0.25) is 5.02 Å². The zero-order valence-electron chi connectivity index (χ0n) is 10.4. The summed E-state index contributed by atoms with van der Waals surface area (Å²) in [7, 11) is 0. The Labute approximate surface area is 122 Å². The summed E-state index contributed by atoms with van der Waals surface area (Å²) in [5.41, 5.74) is 12.6. The second kappa shape index (κ2) is 5.75. The van der Waals surface area contributed by atoms with E-state index in [1.54, 1.807) is 6.07 Å². The highest BCUT2D eigenvalue weighted by Crippen LogP contribution is 2.30. The molecule has 4 N–H and O–H groups in total. The van der Waals surface area contributed by atoms with Gasteiger partial charge in [-0.15, -0.1) is 0 Å². The quantitative estimate of drug-likeness (QED) is 0.833. The zero-order valence-corrected chi connectivity index (χ0v) is 12.0. The van der Waals surface area contributed by atoms with Crippen LogP contribution in [0.15, 0.2) is 18.2 Å². The first-order valence-electron chi connectivity index (χ1n) is 6.12. The molecule has 1 aliphatic heterocycles. The van der Waals surface area contributed by atoms with Crippen LogP contribution < -0.4 is 16.4 Å². The van der Waals surface area contributed by atoms with E-state index >= 15 is 0 Å². The van der Waals surface area contributed by atoms with E-state index in [0.717, 1.165) is 30.6 Å². The van der Waals surface area contributed by atoms with Crippen LogP contribution in [0.4, 0.5) is 5.69 Å². The Hall–Kier alpha value is -1.33. The zero-order chi connectivity index (χ0) is 14.0. The lowest BCUT2D eigenvalue weighted by Gasteiger charge is -2.33. The number of carbonyl (C=O) groups is 1. The van der Waals surface area contributed by atoms with E-state index in [0.29, 0.717) is 16.6 Å². The van der Waals surface area contributed by atoms with Crippen LogP contribution in [0.5, 0.6) is 0 Å². The molecule has 1 heterocycles. The number of amides is 1. The molecule has 1 unspecified atom stereocenters. The smallest absolute Gasteiger partial charge is 0.222 e. The van der Waals surface area contributed by atoms with E-state index in [1.807, 2.05) is 12.1 Å². The fourth-order valence-electron chi connectivity index (χ4n) is 2.34. The van der Waals surface area contributed by atoms with Gasteiger partial charge in [0.25, 0.3) is 0 Å². The predicted octanol–water partition coefficient (Wildman–Crippen LogP) is 1.68. The number of nitrogens with two attached hydrogens (primary N) is 2. The average molecular weight is 298 g/mol. The molecule has 1 aromatic rings. The maximum absolute atomic E-state index is 11.3. The van der Waals surface area contributed by atoms with Crippen molar-refractivity contribution in [3.05, 3.63) is 28.8 Å². The molecule has 19 heavy (non-hydrogen) atoms. The SMILES string of the molecule is NC(=O)C1CCCN(c2ccc(C(N)=S)cc2Cl)C1. The van der Waals surface area contributed by atoms with Crippen LogP contribution in [-0.2, 0) is 4.79 Å². The van der Waals surface area contributed by atoms with Crippen LogP contribution in [0, 0.1) is 5.92 Å². The van der Waals surface area contributed by atoms with Gasteiger partial charge in [0.2, 0.25) is 5.91 Å². The van der Waals surface area contributed by atoms with Gasteiger partial charge >= 0.3 is 0 Å². The third kappa shape index (κ3) is 3.16. The number of carbonyl (C=O) groups excluding carboxylic acids is 1. The Morgan fingerprint density at radius 3 is 2.74 bits per heavy atom. The van der Waals surface area contributed by atoms with Crippen molar-refractivity contribution in [3.8, 4) is 0 Å². The lowest BCUT2D eigenvalue weighted by molar-refractivity contribution is -0.122. The number of primary amides is 1. The number of benzene rings is 1. The molecule has 2 rings (SSSR count).